The molecular formula is C113H76F2IrN8O2+. The number of aromatic nitrogens is 4. The maximum atomic E-state index is 14.1. The first-order valence-corrected chi connectivity index (χ1v) is 41.5. The first kappa shape index (κ1) is 80.0. The number of hydrogen-bond acceptors (Lipinski definition) is 10. The number of hydrogen-bond donors (Lipinski definition) is 0. The molecule has 20 aromatic carbocycles. The summed E-state index contributed by atoms with van der Waals surface area (Å²) in [6, 6.07) is 144. The summed E-state index contributed by atoms with van der Waals surface area (Å²) in [4.78, 5) is 50.2. The van der Waals surface area contributed by atoms with Crippen molar-refractivity contribution in [2.24, 2.45) is 0 Å². The Kier molecular flexibility index (Phi) is 22.2. The third-order valence-corrected chi connectivity index (χ3v) is 22.8. The molecule has 0 unspecified atom stereocenters. The largest absolute Gasteiger partial charge is 3.00 e. The molecule has 0 amide bonds. The Morgan fingerprint density at radius 2 is 0.556 bits per heavy atom. The maximum absolute atomic E-state index is 14.1. The fourth-order valence-corrected chi connectivity index (χ4v) is 17.2. The van der Waals surface area contributed by atoms with Crippen molar-refractivity contribution in [1.82, 2.24) is 19.9 Å². The van der Waals surface area contributed by atoms with Gasteiger partial charge in [0.05, 0.1) is 51.6 Å². The van der Waals surface area contributed by atoms with Gasteiger partial charge in [-0.05, 0) is 203 Å². The summed E-state index contributed by atoms with van der Waals surface area (Å²) in [5.74, 6) is -0.719. The SMILES string of the molecule is CC(=O)CC(C)=O.Fc1ccc(-c2cnc3c4[c-]c(N(c5ccccc5)c5cccc6ccccc56)ccc4c4ccc(N(c5ccccc5)c5cccc6ccccc56)cc4c3n2)cc1.Fc1ccc(-c2cnc3c4[c-]c(N(c5ccccc5)c5cccc6ccccc56)ccc4c4ccc(N(c5ccccc5)c5cccc6ccccc56)cc4c3n2)cc1.[Ir+3]. The van der Waals surface area contributed by atoms with E-state index in [1.807, 2.05) is 24.3 Å². The quantitative estimate of drug-likeness (QED) is 0.0528. The molecule has 0 aliphatic heterocycles. The molecule has 13 heteroatoms. The van der Waals surface area contributed by atoms with Crippen LogP contribution in [0.4, 0.5) is 77.0 Å². The van der Waals surface area contributed by atoms with Crippen LogP contribution in [0, 0.1) is 23.8 Å². The van der Waals surface area contributed by atoms with Gasteiger partial charge in [0.15, 0.2) is 0 Å². The van der Waals surface area contributed by atoms with Crippen LogP contribution in [0.25, 0.3) is 131 Å². The summed E-state index contributed by atoms with van der Waals surface area (Å²) < 4.78 is 28.2. The van der Waals surface area contributed by atoms with Crippen LogP contribution in [-0.2, 0) is 29.7 Å². The fraction of sp³-hybridized carbons (Fsp3) is 0.0265. The molecule has 22 rings (SSSR count). The van der Waals surface area contributed by atoms with Gasteiger partial charge >= 0.3 is 20.1 Å². The smallest absolute Gasteiger partial charge is 0.328 e. The van der Waals surface area contributed by atoms with E-state index in [4.69, 9.17) is 19.9 Å². The van der Waals surface area contributed by atoms with Gasteiger partial charge in [-0.3, -0.25) is 19.6 Å². The van der Waals surface area contributed by atoms with Gasteiger partial charge < -0.3 is 29.6 Å². The minimum absolute atomic E-state index is 0. The van der Waals surface area contributed by atoms with Gasteiger partial charge in [0.25, 0.3) is 0 Å². The Bertz CT molecular complexity index is 7400. The Hall–Kier alpha value is -15.8. The minimum atomic E-state index is -0.297. The normalized spacial score (nSPS) is 11.2. The molecule has 2 heterocycles. The predicted molar refractivity (Wildman–Crippen MR) is 512 cm³/mol. The van der Waals surface area contributed by atoms with Crippen molar-refractivity contribution in [2.75, 3.05) is 19.6 Å². The van der Waals surface area contributed by atoms with E-state index in [0.29, 0.717) is 11.4 Å². The van der Waals surface area contributed by atoms with Gasteiger partial charge in [0.1, 0.15) is 23.2 Å². The van der Waals surface area contributed by atoms with Crippen LogP contribution >= 0.6 is 0 Å². The van der Waals surface area contributed by atoms with E-state index < -0.39 is 0 Å². The Morgan fingerprint density at radius 1 is 0.270 bits per heavy atom. The zero-order valence-corrected chi connectivity index (χ0v) is 70.8. The monoisotopic (exact) mass is 1810 g/mol. The number of para-hydroxylation sites is 4. The van der Waals surface area contributed by atoms with Gasteiger partial charge in [-0.1, -0.05) is 252 Å². The minimum Gasteiger partial charge on any atom is -0.328 e. The summed E-state index contributed by atoms with van der Waals surface area (Å²) in [6.07, 6.45) is 3.66. The van der Waals surface area contributed by atoms with E-state index in [1.165, 1.54) is 38.1 Å². The van der Waals surface area contributed by atoms with E-state index in [-0.39, 0.29) is 49.7 Å². The molecule has 0 bridgehead atoms. The van der Waals surface area contributed by atoms with E-state index in [9.17, 15) is 18.4 Å². The van der Waals surface area contributed by atoms with Crippen LogP contribution < -0.4 is 19.6 Å². The first-order valence-electron chi connectivity index (χ1n) is 41.5. The van der Waals surface area contributed by atoms with Crippen molar-refractivity contribution >= 4 is 188 Å². The van der Waals surface area contributed by atoms with Crippen molar-refractivity contribution in [2.45, 2.75) is 20.3 Å². The Labute approximate surface area is 740 Å². The van der Waals surface area contributed by atoms with Gasteiger partial charge in [0, 0.05) is 90.2 Å². The fourth-order valence-electron chi connectivity index (χ4n) is 17.2. The number of nitrogens with zero attached hydrogens (tertiary/aromatic N) is 8. The van der Waals surface area contributed by atoms with E-state index in [1.54, 1.807) is 36.7 Å². The van der Waals surface area contributed by atoms with Crippen LogP contribution in [-0.4, -0.2) is 31.5 Å². The number of fused-ring (bicyclic) bond motifs is 16. The molecule has 0 aliphatic carbocycles. The number of anilines is 12. The van der Waals surface area contributed by atoms with Crippen molar-refractivity contribution in [3.63, 3.8) is 0 Å². The molecule has 602 valence electrons. The van der Waals surface area contributed by atoms with Crippen LogP contribution in [0.3, 0.4) is 0 Å². The summed E-state index contributed by atoms with van der Waals surface area (Å²) in [6.45, 7) is 2.81. The number of halogens is 2. The topological polar surface area (TPSA) is 98.7 Å². The van der Waals surface area contributed by atoms with Gasteiger partial charge in [-0.25, -0.2) is 8.78 Å². The number of carbonyl (C=O) groups is 2. The third kappa shape index (κ3) is 15.6. The van der Waals surface area contributed by atoms with Crippen molar-refractivity contribution in [3.05, 3.63) is 437 Å². The summed E-state index contributed by atoms with van der Waals surface area (Å²) in [5, 5.41) is 17.0. The molecule has 0 saturated heterocycles. The average molecular weight is 1810 g/mol. The van der Waals surface area contributed by atoms with E-state index in [0.717, 1.165) is 188 Å². The van der Waals surface area contributed by atoms with Crippen molar-refractivity contribution in [1.29, 1.82) is 0 Å². The molecule has 0 saturated carbocycles. The van der Waals surface area contributed by atoms with Crippen LogP contribution in [0.15, 0.2) is 413 Å². The molecule has 0 aliphatic rings. The Morgan fingerprint density at radius 3 is 0.873 bits per heavy atom. The zero-order chi connectivity index (χ0) is 84.4. The summed E-state index contributed by atoms with van der Waals surface area (Å²) >= 11 is 0. The maximum Gasteiger partial charge on any atom is 3.00 e. The summed E-state index contributed by atoms with van der Waals surface area (Å²) in [5.41, 5.74) is 18.0. The number of benzene rings is 20. The number of Topliss-reactive ketones (excluding diaryl/α,β-unsaturated/α-hetero) is 2. The molecule has 0 radical (unpaired) electrons. The number of ketones is 2. The van der Waals surface area contributed by atoms with Crippen LogP contribution in [0.2, 0.25) is 0 Å². The average Bonchev–Trinajstić information content (AvgIpc) is 0.729. The molecular weight excluding hydrogens is 1730 g/mol. The second-order valence-corrected chi connectivity index (χ2v) is 30.9. The molecule has 10 nitrogen and oxygen atoms in total. The zero-order valence-electron chi connectivity index (χ0n) is 68.5. The van der Waals surface area contributed by atoms with Gasteiger partial charge in [-0.2, -0.15) is 0 Å². The van der Waals surface area contributed by atoms with Crippen LogP contribution in [0.5, 0.6) is 0 Å². The van der Waals surface area contributed by atoms with Gasteiger partial charge in [-0.15, -0.1) is 47.2 Å². The third-order valence-electron chi connectivity index (χ3n) is 22.8. The molecule has 0 fully saturated rings. The molecule has 0 N–H and O–H groups in total. The Balaban J connectivity index is 0.000000152. The van der Waals surface area contributed by atoms with Gasteiger partial charge in [0.2, 0.25) is 0 Å². The first-order chi connectivity index (χ1) is 61.5. The molecule has 22 aromatic rings. The number of carbonyl (C=O) groups excluding carboxylic acids is 2. The molecule has 0 atom stereocenters. The predicted octanol–water partition coefficient (Wildman–Crippen LogP) is 30.1. The van der Waals surface area contributed by atoms with Crippen LogP contribution in [0.1, 0.15) is 20.3 Å². The second kappa shape index (κ2) is 35.0. The van der Waals surface area contributed by atoms with Crippen molar-refractivity contribution in [3.8, 4) is 22.5 Å². The molecule has 126 heavy (non-hydrogen) atoms. The standard InChI is InChI=1S/2C54H34FN4.C5H8O2.Ir/c2*55-39-27-25-38(26-28-39)50-35-56-53-48-33-42(58(40-17-3-1-4-18-40)51-23-11-15-36-13-7-9-21-44(36)51)29-31-46(48)47-32-30-43(34-49(47)54(53)57-50)59(41-19-5-2-6-20-41)52-24-12-16-37-14-8-10-22-45(37)52;1-4(6)3-5(2)7;/h2*1-32,34-35H;3H2,1-2H3;/q2*-1;;+3. The van der Waals surface area contributed by atoms with Crippen molar-refractivity contribution < 1.29 is 38.5 Å². The second-order valence-electron chi connectivity index (χ2n) is 30.9. The number of rotatable bonds is 16. The molecule has 0 spiro atoms. The van der Waals surface area contributed by atoms with E-state index >= 15 is 0 Å². The molecule has 2 aromatic heterocycles. The van der Waals surface area contributed by atoms with E-state index in [2.05, 4.69) is 359 Å². The summed E-state index contributed by atoms with van der Waals surface area (Å²) in [7, 11) is 0.